The molecule has 0 unspecified atom stereocenters. The number of carboxylic acid groups (broad SMARTS) is 1. The first-order valence-corrected chi connectivity index (χ1v) is 7.58. The zero-order chi connectivity index (χ0) is 15.2. The number of hydrogen-bond donors (Lipinski definition) is 1. The van der Waals surface area contributed by atoms with E-state index in [1.807, 2.05) is 37.4 Å². The van der Waals surface area contributed by atoms with Gasteiger partial charge in [-0.05, 0) is 26.0 Å². The average molecular weight is 307 g/mol. The molecule has 0 aliphatic rings. The van der Waals surface area contributed by atoms with Crippen LogP contribution in [0, 0.1) is 0 Å². The van der Waals surface area contributed by atoms with Gasteiger partial charge in [0.05, 0.1) is 25.3 Å². The van der Waals surface area contributed by atoms with Crippen molar-refractivity contribution in [3.05, 3.63) is 28.6 Å². The third kappa shape index (κ3) is 3.95. The van der Waals surface area contributed by atoms with Crippen molar-refractivity contribution < 1.29 is 19.4 Å². The highest BCUT2D eigenvalue weighted by molar-refractivity contribution is 7.10. The molecule has 1 heterocycles. The van der Waals surface area contributed by atoms with Crippen molar-refractivity contribution in [2.75, 3.05) is 13.2 Å². The van der Waals surface area contributed by atoms with Crippen molar-refractivity contribution in [2.24, 2.45) is 0 Å². The van der Waals surface area contributed by atoms with Crippen molar-refractivity contribution in [3.63, 3.8) is 0 Å². The van der Waals surface area contributed by atoms with Crippen LogP contribution in [0.1, 0.15) is 18.9 Å². The second-order valence-corrected chi connectivity index (χ2v) is 5.16. The Balaban J connectivity index is 2.32. The van der Waals surface area contributed by atoms with Crippen molar-refractivity contribution in [2.45, 2.75) is 20.3 Å². The molecule has 0 spiro atoms. The van der Waals surface area contributed by atoms with Gasteiger partial charge >= 0.3 is 5.97 Å². The number of hydrogen-bond acceptors (Lipinski definition) is 5. The number of aliphatic carboxylic acids is 1. The van der Waals surface area contributed by atoms with Gasteiger partial charge in [-0.2, -0.15) is 0 Å². The number of thiazole rings is 1. The van der Waals surface area contributed by atoms with Crippen LogP contribution in [-0.4, -0.2) is 29.3 Å². The third-order valence-corrected chi connectivity index (χ3v) is 3.54. The molecule has 0 aliphatic heterocycles. The molecule has 2 aromatic rings. The lowest BCUT2D eigenvalue weighted by Crippen LogP contribution is -1.99. The molecule has 0 atom stereocenters. The molecule has 112 valence electrons. The van der Waals surface area contributed by atoms with Crippen molar-refractivity contribution in [1.29, 1.82) is 0 Å². The van der Waals surface area contributed by atoms with Crippen LogP contribution >= 0.6 is 11.3 Å². The standard InChI is InChI=1S/C15H17NO4S/c1-3-19-10-5-6-11(13(7-10)20-4-2)12-9-21-14(16-12)8-15(17)18/h5-7,9H,3-4,8H2,1-2H3,(H,17,18). The molecule has 0 saturated heterocycles. The minimum Gasteiger partial charge on any atom is -0.494 e. The van der Waals surface area contributed by atoms with Gasteiger partial charge in [-0.15, -0.1) is 11.3 Å². The van der Waals surface area contributed by atoms with Crippen LogP contribution in [-0.2, 0) is 11.2 Å². The highest BCUT2D eigenvalue weighted by Gasteiger charge is 2.13. The first kappa shape index (κ1) is 15.3. The van der Waals surface area contributed by atoms with Crippen LogP contribution in [0.3, 0.4) is 0 Å². The molecular formula is C15H17NO4S. The summed E-state index contributed by atoms with van der Waals surface area (Å²) in [4.78, 5) is 15.1. The first-order chi connectivity index (χ1) is 10.1. The van der Waals surface area contributed by atoms with Gasteiger partial charge in [0.25, 0.3) is 0 Å². The molecule has 0 aliphatic carbocycles. The van der Waals surface area contributed by atoms with Crippen molar-refractivity contribution in [1.82, 2.24) is 4.98 Å². The summed E-state index contributed by atoms with van der Waals surface area (Å²) in [5.41, 5.74) is 1.57. The van der Waals surface area contributed by atoms with Gasteiger partial charge in [0.1, 0.15) is 16.5 Å². The summed E-state index contributed by atoms with van der Waals surface area (Å²) in [6, 6.07) is 5.58. The van der Waals surface area contributed by atoms with Gasteiger partial charge in [-0.25, -0.2) is 4.98 Å². The van der Waals surface area contributed by atoms with Gasteiger partial charge in [0.15, 0.2) is 0 Å². The minimum absolute atomic E-state index is 0.0638. The van der Waals surface area contributed by atoms with E-state index in [1.165, 1.54) is 11.3 Å². The number of nitrogens with zero attached hydrogens (tertiary/aromatic N) is 1. The van der Waals surface area contributed by atoms with E-state index in [2.05, 4.69) is 4.98 Å². The zero-order valence-electron chi connectivity index (χ0n) is 12.0. The van der Waals surface area contributed by atoms with Crippen LogP contribution in [0.15, 0.2) is 23.6 Å². The Hall–Kier alpha value is -2.08. The molecular weight excluding hydrogens is 290 g/mol. The number of ether oxygens (including phenoxy) is 2. The van der Waals surface area contributed by atoms with Crippen molar-refractivity contribution >= 4 is 17.3 Å². The van der Waals surface area contributed by atoms with E-state index in [0.717, 1.165) is 17.0 Å². The number of aromatic nitrogens is 1. The third-order valence-electron chi connectivity index (χ3n) is 2.69. The zero-order valence-corrected chi connectivity index (χ0v) is 12.8. The fourth-order valence-electron chi connectivity index (χ4n) is 1.89. The molecule has 0 fully saturated rings. The number of benzene rings is 1. The lowest BCUT2D eigenvalue weighted by molar-refractivity contribution is -0.136. The largest absolute Gasteiger partial charge is 0.494 e. The summed E-state index contributed by atoms with van der Waals surface area (Å²) in [5, 5.41) is 11.2. The SMILES string of the molecule is CCOc1ccc(-c2csc(CC(=O)O)n2)c(OCC)c1. The van der Waals surface area contributed by atoms with E-state index in [4.69, 9.17) is 14.6 Å². The monoisotopic (exact) mass is 307 g/mol. The molecule has 0 amide bonds. The number of carbonyl (C=O) groups is 1. The summed E-state index contributed by atoms with van der Waals surface area (Å²) in [6.45, 7) is 4.96. The Labute approximate surface area is 127 Å². The second kappa shape index (κ2) is 7.08. The maximum Gasteiger partial charge on any atom is 0.310 e. The predicted molar refractivity (Wildman–Crippen MR) is 81.2 cm³/mol. The fraction of sp³-hybridized carbons (Fsp3) is 0.333. The van der Waals surface area contributed by atoms with E-state index in [9.17, 15) is 4.79 Å². The molecule has 1 N–H and O–H groups in total. The number of carboxylic acids is 1. The van der Waals surface area contributed by atoms with Crippen LogP contribution in [0.5, 0.6) is 11.5 Å². The molecule has 2 rings (SSSR count). The minimum atomic E-state index is -0.882. The van der Waals surface area contributed by atoms with Gasteiger partial charge in [-0.3, -0.25) is 4.79 Å². The lowest BCUT2D eigenvalue weighted by Gasteiger charge is -2.11. The first-order valence-electron chi connectivity index (χ1n) is 6.70. The molecule has 0 saturated carbocycles. The Morgan fingerprint density at radius 1 is 1.29 bits per heavy atom. The molecule has 1 aromatic heterocycles. The Morgan fingerprint density at radius 3 is 2.71 bits per heavy atom. The van der Waals surface area contributed by atoms with Crippen molar-refractivity contribution in [3.8, 4) is 22.8 Å². The Kier molecular flexibility index (Phi) is 5.16. The molecule has 6 heteroatoms. The van der Waals surface area contributed by atoms with Crippen LogP contribution in [0.25, 0.3) is 11.3 Å². The summed E-state index contributed by atoms with van der Waals surface area (Å²) in [5.74, 6) is 0.550. The van der Waals surface area contributed by atoms with E-state index in [-0.39, 0.29) is 6.42 Å². The average Bonchev–Trinajstić information content (AvgIpc) is 2.87. The van der Waals surface area contributed by atoms with Gasteiger partial charge < -0.3 is 14.6 Å². The van der Waals surface area contributed by atoms with Crippen LogP contribution in [0.2, 0.25) is 0 Å². The predicted octanol–water partition coefficient (Wildman–Crippen LogP) is 3.23. The maximum atomic E-state index is 10.7. The fourth-order valence-corrected chi connectivity index (χ4v) is 2.68. The summed E-state index contributed by atoms with van der Waals surface area (Å²) >= 11 is 1.34. The van der Waals surface area contributed by atoms with E-state index in [1.54, 1.807) is 0 Å². The molecule has 21 heavy (non-hydrogen) atoms. The summed E-state index contributed by atoms with van der Waals surface area (Å²) in [7, 11) is 0. The Bertz CT molecular complexity index is 624. The molecule has 0 radical (unpaired) electrons. The highest BCUT2D eigenvalue weighted by atomic mass is 32.1. The quantitative estimate of drug-likeness (QED) is 0.850. The maximum absolute atomic E-state index is 10.7. The molecule has 5 nitrogen and oxygen atoms in total. The normalized spacial score (nSPS) is 10.4. The van der Waals surface area contributed by atoms with E-state index in [0.29, 0.717) is 24.0 Å². The summed E-state index contributed by atoms with van der Waals surface area (Å²) in [6.07, 6.45) is -0.0638. The van der Waals surface area contributed by atoms with E-state index < -0.39 is 5.97 Å². The van der Waals surface area contributed by atoms with Crippen LogP contribution in [0.4, 0.5) is 0 Å². The van der Waals surface area contributed by atoms with Gasteiger partial charge in [0.2, 0.25) is 0 Å². The molecule has 0 bridgehead atoms. The van der Waals surface area contributed by atoms with Crippen LogP contribution < -0.4 is 9.47 Å². The number of rotatable bonds is 7. The van der Waals surface area contributed by atoms with Gasteiger partial charge in [0, 0.05) is 17.0 Å². The van der Waals surface area contributed by atoms with E-state index >= 15 is 0 Å². The lowest BCUT2D eigenvalue weighted by atomic mass is 10.1. The second-order valence-electron chi connectivity index (χ2n) is 4.22. The summed E-state index contributed by atoms with van der Waals surface area (Å²) < 4.78 is 11.1. The smallest absolute Gasteiger partial charge is 0.310 e. The Morgan fingerprint density at radius 2 is 2.05 bits per heavy atom. The topological polar surface area (TPSA) is 68.7 Å². The molecule has 1 aromatic carbocycles. The van der Waals surface area contributed by atoms with Gasteiger partial charge in [-0.1, -0.05) is 0 Å². The highest BCUT2D eigenvalue weighted by Crippen LogP contribution is 2.34.